The van der Waals surface area contributed by atoms with Crippen molar-refractivity contribution in [1.29, 1.82) is 0 Å². The van der Waals surface area contributed by atoms with Crippen LogP contribution in [0.15, 0.2) is 49.0 Å². The number of esters is 1. The Morgan fingerprint density at radius 2 is 1.78 bits per heavy atom. The van der Waals surface area contributed by atoms with Crippen molar-refractivity contribution in [2.24, 2.45) is 0 Å². The van der Waals surface area contributed by atoms with Crippen LogP contribution in [0.25, 0.3) is 5.57 Å². The van der Waals surface area contributed by atoms with Crippen LogP contribution in [0.3, 0.4) is 0 Å². The van der Waals surface area contributed by atoms with E-state index in [1.165, 1.54) is 16.2 Å². The lowest BCUT2D eigenvalue weighted by Gasteiger charge is -2.14. The maximum Gasteiger partial charge on any atom is 0.337 e. The zero-order valence-corrected chi connectivity index (χ0v) is 15.7. The summed E-state index contributed by atoms with van der Waals surface area (Å²) in [5, 5.41) is 0. The van der Waals surface area contributed by atoms with Gasteiger partial charge in [0, 0.05) is 35.9 Å². The highest BCUT2D eigenvalue weighted by Gasteiger charge is 2.13. The van der Waals surface area contributed by atoms with E-state index in [-0.39, 0.29) is 5.97 Å². The molecule has 120 valence electrons. The topological polar surface area (TPSA) is 47.6 Å². The molecule has 0 aliphatic carbocycles. The molecule has 0 amide bonds. The van der Waals surface area contributed by atoms with Crippen LogP contribution in [0.4, 0.5) is 5.69 Å². The van der Waals surface area contributed by atoms with Crippen molar-refractivity contribution in [3.63, 3.8) is 0 Å². The predicted octanol–water partition coefficient (Wildman–Crippen LogP) is 4.95. The highest BCUT2D eigenvalue weighted by Crippen LogP contribution is 2.32. The van der Waals surface area contributed by atoms with E-state index in [4.69, 9.17) is 9.47 Å². The molecule has 2 rings (SSSR count). The van der Waals surface area contributed by atoms with Crippen molar-refractivity contribution in [3.05, 3.63) is 65.7 Å². The van der Waals surface area contributed by atoms with Crippen molar-refractivity contribution in [1.82, 2.24) is 0 Å². The summed E-state index contributed by atoms with van der Waals surface area (Å²) in [6.45, 7) is 4.18. The molecule has 0 fully saturated rings. The molecule has 0 radical (unpaired) electrons. The van der Waals surface area contributed by atoms with Gasteiger partial charge in [0.1, 0.15) is 5.75 Å². The molecular formula is C17H16INO3S. The van der Waals surface area contributed by atoms with Gasteiger partial charge in [0.2, 0.25) is 0 Å². The zero-order valence-electron chi connectivity index (χ0n) is 12.8. The van der Waals surface area contributed by atoms with E-state index in [2.05, 4.69) is 32.5 Å². The Labute approximate surface area is 152 Å². The lowest BCUT2D eigenvalue weighted by Crippen LogP contribution is -2.03. The SMILES string of the molecule is C=C(c1ccc(OC)cc1)c1cc(C(=O)OC)ccc1NSI. The number of halogens is 1. The maximum atomic E-state index is 11.8. The Hall–Kier alpha value is -1.67. The predicted molar refractivity (Wildman–Crippen MR) is 104 cm³/mol. The van der Waals surface area contributed by atoms with E-state index in [9.17, 15) is 4.79 Å². The van der Waals surface area contributed by atoms with Crippen LogP contribution in [0.5, 0.6) is 5.75 Å². The summed E-state index contributed by atoms with van der Waals surface area (Å²) in [5.74, 6) is 0.411. The molecule has 6 heteroatoms. The quantitative estimate of drug-likeness (QED) is 0.391. The summed E-state index contributed by atoms with van der Waals surface area (Å²) < 4.78 is 13.2. The van der Waals surface area contributed by atoms with Crippen LogP contribution in [0, 0.1) is 0 Å². The molecule has 4 nitrogen and oxygen atoms in total. The number of hydrogen-bond acceptors (Lipinski definition) is 5. The second kappa shape index (κ2) is 8.26. The van der Waals surface area contributed by atoms with E-state index in [0.29, 0.717) is 5.56 Å². The van der Waals surface area contributed by atoms with Gasteiger partial charge in [-0.1, -0.05) is 18.7 Å². The fraction of sp³-hybridized carbons (Fsp3) is 0.118. The first-order valence-corrected chi connectivity index (χ1v) is 10.1. The first-order valence-electron chi connectivity index (χ1n) is 6.70. The minimum absolute atomic E-state index is 0.373. The molecule has 2 aromatic rings. The van der Waals surface area contributed by atoms with Crippen molar-refractivity contribution in [2.75, 3.05) is 18.9 Å². The van der Waals surface area contributed by atoms with E-state index in [1.807, 2.05) is 30.3 Å². The summed E-state index contributed by atoms with van der Waals surface area (Å²) in [5.41, 5.74) is 3.99. The summed E-state index contributed by atoms with van der Waals surface area (Å²) in [4.78, 5) is 11.8. The van der Waals surface area contributed by atoms with Crippen LogP contribution >= 0.6 is 30.3 Å². The fourth-order valence-corrected chi connectivity index (χ4v) is 3.09. The van der Waals surface area contributed by atoms with Crippen LogP contribution in [0.1, 0.15) is 21.5 Å². The summed E-state index contributed by atoms with van der Waals surface area (Å²) in [6, 6.07) is 13.0. The molecule has 0 atom stereocenters. The molecule has 1 N–H and O–H groups in total. The molecular weight excluding hydrogens is 425 g/mol. The largest absolute Gasteiger partial charge is 0.497 e. The normalized spacial score (nSPS) is 10.0. The van der Waals surface area contributed by atoms with Gasteiger partial charge in [-0.2, -0.15) is 0 Å². The van der Waals surface area contributed by atoms with E-state index in [1.54, 1.807) is 19.2 Å². The van der Waals surface area contributed by atoms with Gasteiger partial charge in [-0.3, -0.25) is 0 Å². The van der Waals surface area contributed by atoms with Crippen molar-refractivity contribution in [2.45, 2.75) is 0 Å². The molecule has 0 heterocycles. The minimum atomic E-state index is -0.373. The third kappa shape index (κ3) is 4.20. The summed E-state index contributed by atoms with van der Waals surface area (Å²) >= 11 is 2.15. The Balaban J connectivity index is 2.44. The number of methoxy groups -OCH3 is 2. The smallest absolute Gasteiger partial charge is 0.337 e. The lowest BCUT2D eigenvalue weighted by molar-refractivity contribution is 0.0600. The number of nitrogens with one attached hydrogen (secondary N) is 1. The minimum Gasteiger partial charge on any atom is -0.497 e. The molecule has 0 saturated heterocycles. The molecule has 0 spiro atoms. The molecule has 0 aromatic heterocycles. The molecule has 0 bridgehead atoms. The van der Waals surface area contributed by atoms with E-state index >= 15 is 0 Å². The standard InChI is InChI=1S/C17H16INO3S/c1-11(12-4-7-14(21-2)8-5-12)15-10-13(17(20)22-3)6-9-16(15)19-23-18/h4-10,19H,1H2,2-3H3. The second-order valence-corrected chi connectivity index (χ2v) is 6.32. The molecule has 23 heavy (non-hydrogen) atoms. The Morgan fingerprint density at radius 3 is 2.35 bits per heavy atom. The molecule has 0 unspecified atom stereocenters. The maximum absolute atomic E-state index is 11.8. The zero-order chi connectivity index (χ0) is 16.8. The Bertz CT molecular complexity index is 716. The number of hydrogen-bond donors (Lipinski definition) is 1. The van der Waals surface area contributed by atoms with Gasteiger partial charge in [0.05, 0.1) is 25.5 Å². The first-order chi connectivity index (χ1) is 11.1. The number of rotatable bonds is 6. The van der Waals surface area contributed by atoms with Crippen molar-refractivity contribution >= 4 is 47.6 Å². The van der Waals surface area contributed by atoms with Gasteiger partial charge >= 0.3 is 5.97 Å². The molecule has 0 aliphatic rings. The van der Waals surface area contributed by atoms with Crippen molar-refractivity contribution < 1.29 is 14.3 Å². The van der Waals surface area contributed by atoms with Crippen LogP contribution in [0.2, 0.25) is 0 Å². The Morgan fingerprint density at radius 1 is 1.13 bits per heavy atom. The number of carbonyl (C=O) groups is 1. The van der Waals surface area contributed by atoms with Crippen LogP contribution in [-0.2, 0) is 4.74 Å². The first kappa shape index (κ1) is 17.7. The summed E-state index contributed by atoms with van der Waals surface area (Å²) in [6.07, 6.45) is 0. The Kier molecular flexibility index (Phi) is 6.35. The average Bonchev–Trinajstić information content (AvgIpc) is 2.61. The van der Waals surface area contributed by atoms with Gasteiger partial charge < -0.3 is 14.2 Å². The van der Waals surface area contributed by atoms with Gasteiger partial charge in [0.25, 0.3) is 0 Å². The van der Waals surface area contributed by atoms with Gasteiger partial charge in [-0.25, -0.2) is 4.79 Å². The number of carbonyl (C=O) groups excluding carboxylic acids is 1. The highest BCUT2D eigenvalue weighted by atomic mass is 127. The monoisotopic (exact) mass is 441 g/mol. The van der Waals surface area contributed by atoms with Gasteiger partial charge in [0.15, 0.2) is 0 Å². The average molecular weight is 441 g/mol. The number of ether oxygens (including phenoxy) is 2. The molecule has 0 saturated carbocycles. The fourth-order valence-electron chi connectivity index (χ4n) is 2.12. The molecule has 2 aromatic carbocycles. The van der Waals surface area contributed by atoms with Gasteiger partial charge in [-0.05, 0) is 41.5 Å². The van der Waals surface area contributed by atoms with Crippen LogP contribution < -0.4 is 9.46 Å². The number of anilines is 1. The second-order valence-electron chi connectivity index (χ2n) is 4.64. The van der Waals surface area contributed by atoms with E-state index < -0.39 is 0 Å². The summed E-state index contributed by atoms with van der Waals surface area (Å²) in [7, 11) is 4.45. The third-order valence-electron chi connectivity index (χ3n) is 3.35. The molecule has 0 aliphatic heterocycles. The van der Waals surface area contributed by atoms with E-state index in [0.717, 1.165) is 28.1 Å². The van der Waals surface area contributed by atoms with Crippen molar-refractivity contribution in [3.8, 4) is 5.75 Å². The lowest BCUT2D eigenvalue weighted by atomic mass is 9.96. The number of benzene rings is 2. The van der Waals surface area contributed by atoms with Gasteiger partial charge in [-0.15, -0.1) is 0 Å². The third-order valence-corrected chi connectivity index (χ3v) is 4.31. The van der Waals surface area contributed by atoms with Crippen LogP contribution in [-0.4, -0.2) is 20.2 Å². The highest BCUT2D eigenvalue weighted by molar-refractivity contribution is 14.2.